The third-order valence-corrected chi connectivity index (χ3v) is 7.73. The van der Waals surface area contributed by atoms with E-state index in [1.165, 1.54) is 0 Å². The molecule has 1 saturated heterocycles. The van der Waals surface area contributed by atoms with Crippen LogP contribution in [0.4, 0.5) is 4.79 Å². The summed E-state index contributed by atoms with van der Waals surface area (Å²) in [5.41, 5.74) is 5.32. The van der Waals surface area contributed by atoms with Crippen molar-refractivity contribution >= 4 is 29.5 Å². The van der Waals surface area contributed by atoms with Gasteiger partial charge in [0.2, 0.25) is 5.60 Å². The van der Waals surface area contributed by atoms with Gasteiger partial charge in [-0.3, -0.25) is 4.79 Å². The number of nitrogens with two attached hydrogens (primary N) is 1. The van der Waals surface area contributed by atoms with Gasteiger partial charge in [-0.25, -0.2) is 14.1 Å². The smallest absolute Gasteiger partial charge is 0.407 e. The summed E-state index contributed by atoms with van der Waals surface area (Å²) in [5, 5.41) is 15.6. The number of amides is 3. The number of nitrogens with one attached hydrogen (secondary N) is 1. The molecule has 0 bridgehead atoms. The molecule has 0 aromatic heterocycles. The van der Waals surface area contributed by atoms with Crippen LogP contribution in [0.3, 0.4) is 0 Å². The van der Waals surface area contributed by atoms with E-state index >= 15 is 0 Å². The fourth-order valence-electron chi connectivity index (χ4n) is 5.65. The summed E-state index contributed by atoms with van der Waals surface area (Å²) < 4.78 is 4.98. The van der Waals surface area contributed by atoms with Gasteiger partial charge in [-0.15, -0.1) is 0 Å². The number of ether oxygens (including phenoxy) is 1. The molecule has 3 aromatic rings. The molecular weight excluding hydrogens is 542 g/mol. The maximum absolute atomic E-state index is 14.9. The van der Waals surface area contributed by atoms with Crippen LogP contribution >= 0.6 is 11.6 Å². The van der Waals surface area contributed by atoms with Gasteiger partial charge in [-0.05, 0) is 38.5 Å². The Morgan fingerprint density at radius 2 is 1.56 bits per heavy atom. The number of benzene rings is 3. The van der Waals surface area contributed by atoms with Crippen LogP contribution in [-0.2, 0) is 33.0 Å². The predicted molar refractivity (Wildman–Crippen MR) is 156 cm³/mol. The van der Waals surface area contributed by atoms with Crippen molar-refractivity contribution in [1.82, 2.24) is 5.32 Å². The summed E-state index contributed by atoms with van der Waals surface area (Å²) in [4.78, 5) is 40.2. The lowest BCUT2D eigenvalue weighted by molar-refractivity contribution is -0.873. The van der Waals surface area contributed by atoms with Gasteiger partial charge >= 0.3 is 12.0 Å². The maximum atomic E-state index is 14.9. The monoisotopic (exact) mass is 578 g/mol. The molecule has 3 aromatic carbocycles. The first-order valence-corrected chi connectivity index (χ1v) is 14.0. The zero-order valence-corrected chi connectivity index (χ0v) is 24.4. The Hall–Kier alpha value is -3.72. The van der Waals surface area contributed by atoms with Crippen LogP contribution in [0.1, 0.15) is 55.9 Å². The van der Waals surface area contributed by atoms with Crippen molar-refractivity contribution in [1.29, 1.82) is 0 Å². The van der Waals surface area contributed by atoms with E-state index in [1.807, 2.05) is 12.1 Å². The van der Waals surface area contributed by atoms with Gasteiger partial charge in [0.15, 0.2) is 6.04 Å². The summed E-state index contributed by atoms with van der Waals surface area (Å²) in [6.45, 7) is 5.77. The molecule has 3 amide bonds. The van der Waals surface area contributed by atoms with Crippen molar-refractivity contribution in [3.63, 3.8) is 0 Å². The first-order valence-electron chi connectivity index (χ1n) is 13.7. The summed E-state index contributed by atoms with van der Waals surface area (Å²) in [6.07, 6.45) is 0.370. The second-order valence-corrected chi connectivity index (χ2v) is 11.9. The fraction of sp³-hybridized carbons (Fsp3) is 0.344. The number of halogens is 1. The number of carbonyl (C=O) groups excluding carboxylic acids is 3. The van der Waals surface area contributed by atoms with E-state index in [0.717, 1.165) is 0 Å². The van der Waals surface area contributed by atoms with Gasteiger partial charge < -0.3 is 20.9 Å². The Labute approximate surface area is 245 Å². The van der Waals surface area contributed by atoms with Gasteiger partial charge in [-0.1, -0.05) is 78.3 Å². The quantitative estimate of drug-likeness (QED) is 0.332. The van der Waals surface area contributed by atoms with E-state index < -0.39 is 39.6 Å². The van der Waals surface area contributed by atoms with Crippen LogP contribution in [0.25, 0.3) is 0 Å². The highest BCUT2D eigenvalue weighted by molar-refractivity contribution is 6.30. The number of primary amides is 1. The van der Waals surface area contributed by atoms with Gasteiger partial charge in [0.1, 0.15) is 12.1 Å². The lowest BCUT2D eigenvalue weighted by Gasteiger charge is -2.42. The average molecular weight is 579 g/mol. The predicted octanol–water partition coefficient (Wildman–Crippen LogP) is 4.79. The molecular formula is C32H37ClN3O5+. The highest BCUT2D eigenvalue weighted by atomic mass is 35.5. The molecule has 41 heavy (non-hydrogen) atoms. The molecule has 216 valence electrons. The zero-order chi connectivity index (χ0) is 29.8. The second-order valence-electron chi connectivity index (χ2n) is 11.5. The molecule has 4 N–H and O–H groups in total. The van der Waals surface area contributed by atoms with E-state index in [4.69, 9.17) is 22.1 Å². The van der Waals surface area contributed by atoms with E-state index in [0.29, 0.717) is 46.7 Å². The normalized spacial score (nSPS) is 19.0. The fourth-order valence-corrected chi connectivity index (χ4v) is 5.85. The molecule has 1 aliphatic rings. The third kappa shape index (κ3) is 6.45. The number of hydrogen-bond acceptors (Lipinski definition) is 5. The van der Waals surface area contributed by atoms with Crippen LogP contribution in [0.2, 0.25) is 5.02 Å². The summed E-state index contributed by atoms with van der Waals surface area (Å²) in [7, 11) is 0. The number of likely N-dealkylation sites (tertiary alicyclic amines) is 1. The van der Waals surface area contributed by atoms with Crippen molar-refractivity contribution in [3.8, 4) is 0 Å². The number of hydrogen-bond donors (Lipinski definition) is 3. The van der Waals surface area contributed by atoms with Gasteiger partial charge in [0.05, 0.1) is 6.54 Å². The van der Waals surface area contributed by atoms with Crippen LogP contribution in [-0.4, -0.2) is 45.7 Å². The van der Waals surface area contributed by atoms with Crippen LogP contribution in [0.5, 0.6) is 0 Å². The van der Waals surface area contributed by atoms with Crippen LogP contribution < -0.4 is 11.1 Å². The van der Waals surface area contributed by atoms with Crippen LogP contribution in [0, 0.1) is 0 Å². The number of carbonyl (C=O) groups is 3. The largest absolute Gasteiger partial charge is 0.444 e. The van der Waals surface area contributed by atoms with E-state index in [2.05, 4.69) is 5.32 Å². The Morgan fingerprint density at radius 3 is 2.10 bits per heavy atom. The number of nitrogens with zero attached hydrogens (tertiary/aromatic N) is 1. The molecule has 0 saturated carbocycles. The lowest BCUT2D eigenvalue weighted by atomic mass is 9.83. The minimum Gasteiger partial charge on any atom is -0.444 e. The van der Waals surface area contributed by atoms with Crippen molar-refractivity contribution < 1.29 is 28.7 Å². The number of aliphatic hydroxyl groups is 1. The Kier molecular flexibility index (Phi) is 8.87. The third-order valence-electron chi connectivity index (χ3n) is 7.50. The van der Waals surface area contributed by atoms with E-state index in [1.54, 1.807) is 87.5 Å². The van der Waals surface area contributed by atoms with Crippen molar-refractivity contribution in [2.24, 2.45) is 5.73 Å². The number of rotatable bonds is 8. The summed E-state index contributed by atoms with van der Waals surface area (Å²) >= 11 is 6.41. The summed E-state index contributed by atoms with van der Waals surface area (Å²) in [6, 6.07) is 21.8. The topological polar surface area (TPSA) is 119 Å². The molecule has 1 heterocycles. The van der Waals surface area contributed by atoms with Crippen molar-refractivity contribution in [3.05, 3.63) is 106 Å². The minimum absolute atomic E-state index is 0.0420. The Bertz CT molecular complexity index is 1370. The second kappa shape index (κ2) is 12.0. The number of alkyl carbamates (subject to hydrolysis) is 1. The highest BCUT2D eigenvalue weighted by Gasteiger charge is 2.59. The maximum Gasteiger partial charge on any atom is 0.407 e. The van der Waals surface area contributed by atoms with Crippen molar-refractivity contribution in [2.75, 3.05) is 6.54 Å². The molecule has 1 aliphatic heterocycles. The molecule has 1 fully saturated rings. The molecule has 0 spiro atoms. The molecule has 4 rings (SSSR count). The molecule has 2 atom stereocenters. The minimum atomic E-state index is -2.06. The van der Waals surface area contributed by atoms with Gasteiger partial charge in [0.25, 0.3) is 5.91 Å². The van der Waals surface area contributed by atoms with Crippen LogP contribution in [0.15, 0.2) is 78.9 Å². The molecule has 0 radical (unpaired) electrons. The standard InChI is InChI=1S/C32H36ClN3O5/c1-31(2,3)41-30(39)35-20-22-16-17-26(33)19-23(22)21-36(18-10-15-27(36)28(34)37)29(38)32(40,24-11-6-4-7-12-24)25-13-8-5-9-14-25/h4-9,11-14,16-17,19,27,40H,10,15,18,20-21H2,1-3H3,(H2-,34,35,37,39)/p+1/t27-,36?/m0/s1. The molecule has 1 unspecified atom stereocenters. The van der Waals surface area contributed by atoms with Gasteiger partial charge in [-0.2, -0.15) is 0 Å². The number of quaternary nitrogens is 1. The zero-order valence-electron chi connectivity index (χ0n) is 23.6. The lowest BCUT2D eigenvalue weighted by Crippen LogP contribution is -2.65. The van der Waals surface area contributed by atoms with E-state index in [-0.39, 0.29) is 13.1 Å². The highest BCUT2D eigenvalue weighted by Crippen LogP contribution is 2.41. The first-order chi connectivity index (χ1) is 19.4. The van der Waals surface area contributed by atoms with Gasteiger partial charge in [0, 0.05) is 41.1 Å². The summed E-state index contributed by atoms with van der Waals surface area (Å²) in [5.74, 6) is -1.17. The molecule has 9 heteroatoms. The first kappa shape index (κ1) is 30.2. The van der Waals surface area contributed by atoms with E-state index in [9.17, 15) is 19.5 Å². The molecule has 8 nitrogen and oxygen atoms in total. The van der Waals surface area contributed by atoms with Crippen molar-refractivity contribution in [2.45, 2.75) is 63.9 Å². The Morgan fingerprint density at radius 1 is 0.976 bits per heavy atom. The average Bonchev–Trinajstić information content (AvgIpc) is 3.36. The SMILES string of the molecule is CC(C)(C)OC(=O)NCc1ccc(Cl)cc1C[N+]1(C(=O)C(O)(c2ccccc2)c2ccccc2)CCC[C@H]1C(N)=O. The Balaban J connectivity index is 1.81. The molecule has 0 aliphatic carbocycles.